The Balaban J connectivity index is 1.76. The number of urea groups is 1. The number of rotatable bonds is 5. The molecular weight excluding hydrogens is 314 g/mol. The molecule has 2 heterocycles. The minimum Gasteiger partial charge on any atom is -0.384 e. The van der Waals surface area contributed by atoms with Gasteiger partial charge in [-0.2, -0.15) is 4.37 Å². The molecule has 1 saturated heterocycles. The van der Waals surface area contributed by atoms with Gasteiger partial charge in [0.2, 0.25) is 5.13 Å². The van der Waals surface area contributed by atoms with Crippen LogP contribution < -0.4 is 10.6 Å². The molecule has 0 atom stereocenters. The molecule has 1 aromatic heterocycles. The summed E-state index contributed by atoms with van der Waals surface area (Å²) in [6.45, 7) is 8.14. The predicted octanol–water partition coefficient (Wildman–Crippen LogP) is 2.11. The molecule has 1 aliphatic rings. The number of anilines is 1. The first-order chi connectivity index (χ1) is 10.9. The molecular formula is C15H27N5O2S. The van der Waals surface area contributed by atoms with E-state index in [2.05, 4.69) is 20.0 Å². The first-order valence-electron chi connectivity index (χ1n) is 8.02. The van der Waals surface area contributed by atoms with Crippen molar-refractivity contribution < 1.29 is 9.53 Å². The topological polar surface area (TPSA) is 79.4 Å². The third kappa shape index (κ3) is 5.95. The van der Waals surface area contributed by atoms with Crippen molar-refractivity contribution in [2.45, 2.75) is 51.6 Å². The van der Waals surface area contributed by atoms with Crippen molar-refractivity contribution in [1.82, 2.24) is 19.6 Å². The summed E-state index contributed by atoms with van der Waals surface area (Å²) in [5, 5.41) is 7.30. The van der Waals surface area contributed by atoms with Gasteiger partial charge in [0.05, 0.1) is 6.61 Å². The summed E-state index contributed by atoms with van der Waals surface area (Å²) >= 11 is 1.39. The number of piperidine rings is 1. The minimum absolute atomic E-state index is 0.0220. The van der Waals surface area contributed by atoms with Gasteiger partial charge < -0.3 is 20.3 Å². The second kappa shape index (κ2) is 7.92. The normalized spacial score (nSPS) is 16.4. The molecule has 7 nitrogen and oxygen atoms in total. The third-order valence-corrected chi connectivity index (χ3v) is 4.27. The van der Waals surface area contributed by atoms with E-state index in [9.17, 15) is 4.79 Å². The number of aromatic nitrogens is 2. The fourth-order valence-electron chi connectivity index (χ4n) is 2.41. The van der Waals surface area contributed by atoms with E-state index in [1.54, 1.807) is 7.11 Å². The van der Waals surface area contributed by atoms with Crippen molar-refractivity contribution in [1.29, 1.82) is 0 Å². The maximum absolute atomic E-state index is 12.1. The largest absolute Gasteiger partial charge is 0.384 e. The van der Waals surface area contributed by atoms with Crippen molar-refractivity contribution in [3.63, 3.8) is 0 Å². The lowest BCUT2D eigenvalue weighted by molar-refractivity contribution is 0.175. The number of nitrogens with one attached hydrogen (secondary N) is 2. The molecule has 0 bridgehead atoms. The van der Waals surface area contributed by atoms with Crippen LogP contribution >= 0.6 is 11.5 Å². The number of nitrogens with zero attached hydrogens (tertiary/aromatic N) is 3. The molecule has 23 heavy (non-hydrogen) atoms. The van der Waals surface area contributed by atoms with Crippen LogP contribution in [0.5, 0.6) is 0 Å². The van der Waals surface area contributed by atoms with Gasteiger partial charge >= 0.3 is 6.03 Å². The molecule has 1 aliphatic heterocycles. The zero-order chi connectivity index (χ0) is 16.9. The first-order valence-corrected chi connectivity index (χ1v) is 8.80. The molecule has 0 aromatic carbocycles. The fourth-order valence-corrected chi connectivity index (χ4v) is 3.10. The Morgan fingerprint density at radius 1 is 1.39 bits per heavy atom. The van der Waals surface area contributed by atoms with Gasteiger partial charge in [0, 0.05) is 49.7 Å². The van der Waals surface area contributed by atoms with Crippen LogP contribution in [0.4, 0.5) is 9.93 Å². The summed E-state index contributed by atoms with van der Waals surface area (Å²) in [5.41, 5.74) is -0.197. The van der Waals surface area contributed by atoms with Crippen LogP contribution in [0.1, 0.15) is 39.4 Å². The summed E-state index contributed by atoms with van der Waals surface area (Å²) in [5.74, 6) is 0.821. The van der Waals surface area contributed by atoms with Crippen molar-refractivity contribution >= 4 is 22.7 Å². The van der Waals surface area contributed by atoms with Crippen LogP contribution in [-0.4, -0.2) is 58.7 Å². The zero-order valence-electron chi connectivity index (χ0n) is 14.4. The van der Waals surface area contributed by atoms with Gasteiger partial charge in [-0.05, 0) is 33.6 Å². The van der Waals surface area contributed by atoms with E-state index >= 15 is 0 Å². The summed E-state index contributed by atoms with van der Waals surface area (Å²) in [6.07, 6.45) is 2.58. The van der Waals surface area contributed by atoms with Gasteiger partial charge in [-0.3, -0.25) is 0 Å². The number of hydrogen-bond donors (Lipinski definition) is 2. The molecule has 2 N–H and O–H groups in total. The standard InChI is InChI=1S/C15H27N5O2S/c1-15(2,3)18-14(21)20-8-5-11(6-9-20)16-13-17-12(19-23-13)7-10-22-4/h11H,5-10H2,1-4H3,(H,18,21)(H,16,17,19). The Morgan fingerprint density at radius 3 is 2.70 bits per heavy atom. The van der Waals surface area contributed by atoms with E-state index in [0.29, 0.717) is 12.6 Å². The minimum atomic E-state index is -0.197. The Bertz CT molecular complexity index is 506. The van der Waals surface area contributed by atoms with E-state index in [-0.39, 0.29) is 11.6 Å². The maximum atomic E-state index is 12.1. The second-order valence-corrected chi connectivity index (χ2v) is 7.60. The number of carbonyl (C=O) groups is 1. The Hall–Kier alpha value is -1.41. The maximum Gasteiger partial charge on any atom is 0.317 e. The van der Waals surface area contributed by atoms with Crippen LogP contribution in [-0.2, 0) is 11.2 Å². The molecule has 1 fully saturated rings. The lowest BCUT2D eigenvalue weighted by Gasteiger charge is -2.34. The molecule has 0 spiro atoms. The Kier molecular flexibility index (Phi) is 6.17. The molecule has 0 aliphatic carbocycles. The molecule has 0 radical (unpaired) electrons. The highest BCUT2D eigenvalue weighted by molar-refractivity contribution is 7.09. The molecule has 130 valence electrons. The van der Waals surface area contributed by atoms with Gasteiger partial charge in [-0.15, -0.1) is 0 Å². The monoisotopic (exact) mass is 341 g/mol. The SMILES string of the molecule is COCCc1nsc(NC2CCN(C(=O)NC(C)(C)C)CC2)n1. The number of methoxy groups -OCH3 is 1. The number of ether oxygens (including phenoxy) is 1. The zero-order valence-corrected chi connectivity index (χ0v) is 15.2. The highest BCUT2D eigenvalue weighted by Gasteiger charge is 2.25. The summed E-state index contributed by atoms with van der Waals surface area (Å²) in [7, 11) is 1.68. The third-order valence-electron chi connectivity index (χ3n) is 3.59. The van der Waals surface area contributed by atoms with Gasteiger partial charge in [-0.25, -0.2) is 9.78 Å². The molecule has 2 amide bonds. The molecule has 0 unspecified atom stereocenters. The van der Waals surface area contributed by atoms with E-state index in [1.807, 2.05) is 25.7 Å². The number of likely N-dealkylation sites (tertiary alicyclic amines) is 1. The lowest BCUT2D eigenvalue weighted by Crippen LogP contribution is -2.51. The van der Waals surface area contributed by atoms with Crippen LogP contribution in [0.3, 0.4) is 0 Å². The van der Waals surface area contributed by atoms with E-state index < -0.39 is 0 Å². The van der Waals surface area contributed by atoms with Crippen molar-refractivity contribution in [2.75, 3.05) is 32.1 Å². The summed E-state index contributed by atoms with van der Waals surface area (Å²) < 4.78 is 9.35. The lowest BCUT2D eigenvalue weighted by atomic mass is 10.1. The number of hydrogen-bond acceptors (Lipinski definition) is 6. The van der Waals surface area contributed by atoms with Gasteiger partial charge in [0.1, 0.15) is 5.82 Å². The molecule has 2 rings (SSSR count). The highest BCUT2D eigenvalue weighted by Crippen LogP contribution is 2.19. The van der Waals surface area contributed by atoms with Crippen molar-refractivity contribution in [3.8, 4) is 0 Å². The average Bonchev–Trinajstić information content (AvgIpc) is 2.91. The fraction of sp³-hybridized carbons (Fsp3) is 0.800. The average molecular weight is 341 g/mol. The highest BCUT2D eigenvalue weighted by atomic mass is 32.1. The predicted molar refractivity (Wildman–Crippen MR) is 92.0 cm³/mol. The van der Waals surface area contributed by atoms with Crippen LogP contribution in [0.15, 0.2) is 0 Å². The van der Waals surface area contributed by atoms with Gasteiger partial charge in [0.25, 0.3) is 0 Å². The van der Waals surface area contributed by atoms with Gasteiger partial charge in [-0.1, -0.05) is 0 Å². The molecule has 0 saturated carbocycles. The smallest absolute Gasteiger partial charge is 0.317 e. The van der Waals surface area contributed by atoms with E-state index in [1.165, 1.54) is 11.5 Å². The number of carbonyl (C=O) groups excluding carboxylic acids is 1. The summed E-state index contributed by atoms with van der Waals surface area (Å²) in [4.78, 5) is 18.5. The Labute approximate surface area is 142 Å². The molecule has 1 aromatic rings. The quantitative estimate of drug-likeness (QED) is 0.857. The van der Waals surface area contributed by atoms with E-state index in [0.717, 1.165) is 43.3 Å². The van der Waals surface area contributed by atoms with Crippen molar-refractivity contribution in [3.05, 3.63) is 5.82 Å². The first kappa shape index (κ1) is 17.9. The number of amides is 2. The Morgan fingerprint density at radius 2 is 2.09 bits per heavy atom. The van der Waals surface area contributed by atoms with Crippen molar-refractivity contribution in [2.24, 2.45) is 0 Å². The summed E-state index contributed by atoms with van der Waals surface area (Å²) in [6, 6.07) is 0.366. The second-order valence-electron chi connectivity index (χ2n) is 6.84. The van der Waals surface area contributed by atoms with Crippen LogP contribution in [0.2, 0.25) is 0 Å². The molecule has 8 heteroatoms. The van der Waals surface area contributed by atoms with E-state index in [4.69, 9.17) is 4.74 Å². The van der Waals surface area contributed by atoms with Crippen LogP contribution in [0.25, 0.3) is 0 Å². The van der Waals surface area contributed by atoms with Crippen LogP contribution in [0, 0.1) is 0 Å². The van der Waals surface area contributed by atoms with Gasteiger partial charge in [0.15, 0.2) is 0 Å².